The molecule has 0 fully saturated rings. The van der Waals surface area contributed by atoms with Gasteiger partial charge in [-0.1, -0.05) is 20.8 Å². The lowest BCUT2D eigenvalue weighted by molar-refractivity contribution is -0.137. The van der Waals surface area contributed by atoms with E-state index < -0.39 is 5.97 Å². The lowest BCUT2D eigenvalue weighted by atomic mass is 10.1. The Hall–Kier alpha value is -1.39. The number of carbonyl (C=O) groups is 1. The van der Waals surface area contributed by atoms with Gasteiger partial charge in [-0.3, -0.25) is 4.79 Å². The topological polar surface area (TPSA) is 76.2 Å². The number of hydrogen-bond donors (Lipinski definition) is 1. The van der Waals surface area contributed by atoms with Crippen molar-refractivity contribution in [2.24, 2.45) is 5.92 Å². The Kier molecular flexibility index (Phi) is 3.82. The average Bonchev–Trinajstić information content (AvgIpc) is 2.50. The summed E-state index contributed by atoms with van der Waals surface area (Å²) >= 11 is 0. The third-order valence-electron chi connectivity index (χ3n) is 1.97. The molecule has 1 aromatic rings. The highest BCUT2D eigenvalue weighted by atomic mass is 16.4. The van der Waals surface area contributed by atoms with Gasteiger partial charge in [-0.25, -0.2) is 0 Å². The van der Waals surface area contributed by atoms with Crippen molar-refractivity contribution in [3.8, 4) is 0 Å². The summed E-state index contributed by atoms with van der Waals surface area (Å²) in [5, 5.41) is 16.3. The van der Waals surface area contributed by atoms with Gasteiger partial charge in [0.15, 0.2) is 0 Å². The Bertz CT molecular complexity index is 333. The van der Waals surface area contributed by atoms with Crippen LogP contribution in [0.25, 0.3) is 0 Å². The number of aromatic nitrogens is 2. The predicted octanol–water partition coefficient (Wildman–Crippen LogP) is 1.85. The second kappa shape index (κ2) is 4.91. The lowest BCUT2D eigenvalue weighted by Gasteiger charge is -2.01. The largest absolute Gasteiger partial charge is 0.481 e. The molecule has 84 valence electrons. The van der Waals surface area contributed by atoms with E-state index >= 15 is 0 Å². The van der Waals surface area contributed by atoms with Crippen molar-refractivity contribution in [1.29, 1.82) is 0 Å². The molecule has 0 aromatic carbocycles. The SMILES string of the molecule is CC(C)Cc1nnc(C(C)CC(=O)O)o1. The highest BCUT2D eigenvalue weighted by Crippen LogP contribution is 2.18. The van der Waals surface area contributed by atoms with Crippen LogP contribution in [0.5, 0.6) is 0 Å². The lowest BCUT2D eigenvalue weighted by Crippen LogP contribution is -2.03. The van der Waals surface area contributed by atoms with Crippen LogP contribution >= 0.6 is 0 Å². The summed E-state index contributed by atoms with van der Waals surface area (Å²) in [7, 11) is 0. The molecule has 0 saturated heterocycles. The first-order chi connectivity index (χ1) is 6.99. The second-order valence-corrected chi connectivity index (χ2v) is 4.13. The highest BCUT2D eigenvalue weighted by molar-refractivity contribution is 5.67. The summed E-state index contributed by atoms with van der Waals surface area (Å²) in [5.74, 6) is 0.361. The van der Waals surface area contributed by atoms with E-state index in [1.54, 1.807) is 6.92 Å². The molecule has 1 atom stereocenters. The van der Waals surface area contributed by atoms with E-state index in [0.717, 1.165) is 6.42 Å². The predicted molar refractivity (Wildman–Crippen MR) is 53.5 cm³/mol. The number of aliphatic carboxylic acids is 1. The van der Waals surface area contributed by atoms with Gasteiger partial charge in [0.05, 0.1) is 6.42 Å². The number of hydrogen-bond acceptors (Lipinski definition) is 4. The maximum atomic E-state index is 10.5. The minimum Gasteiger partial charge on any atom is -0.481 e. The minimum atomic E-state index is -0.855. The monoisotopic (exact) mass is 212 g/mol. The molecule has 1 rings (SSSR count). The fraction of sp³-hybridized carbons (Fsp3) is 0.700. The number of carboxylic acids is 1. The molecule has 5 heteroatoms. The van der Waals surface area contributed by atoms with Crippen LogP contribution in [0.1, 0.15) is 44.9 Å². The standard InChI is InChI=1S/C10H16N2O3/c1-6(2)4-8-11-12-10(15-8)7(3)5-9(13)14/h6-7H,4-5H2,1-3H3,(H,13,14). The van der Waals surface area contributed by atoms with Crippen molar-refractivity contribution >= 4 is 5.97 Å². The molecule has 5 nitrogen and oxygen atoms in total. The highest BCUT2D eigenvalue weighted by Gasteiger charge is 2.17. The van der Waals surface area contributed by atoms with Crippen LogP contribution in [0.4, 0.5) is 0 Å². The zero-order valence-electron chi connectivity index (χ0n) is 9.23. The molecule has 0 radical (unpaired) electrons. The molecule has 0 aliphatic rings. The summed E-state index contributed by atoms with van der Waals surface area (Å²) in [4.78, 5) is 10.5. The first-order valence-corrected chi connectivity index (χ1v) is 5.03. The van der Waals surface area contributed by atoms with Crippen LogP contribution < -0.4 is 0 Å². The first kappa shape index (κ1) is 11.7. The van der Waals surface area contributed by atoms with E-state index in [1.165, 1.54) is 0 Å². The van der Waals surface area contributed by atoms with Crippen LogP contribution in [0, 0.1) is 5.92 Å². The van der Waals surface area contributed by atoms with Crippen molar-refractivity contribution in [2.45, 2.75) is 39.5 Å². The third kappa shape index (κ3) is 3.69. The number of rotatable bonds is 5. The van der Waals surface area contributed by atoms with Crippen LogP contribution in [0.2, 0.25) is 0 Å². The minimum absolute atomic E-state index is 0.0172. The number of carboxylic acid groups (broad SMARTS) is 1. The van der Waals surface area contributed by atoms with E-state index in [4.69, 9.17) is 9.52 Å². The van der Waals surface area contributed by atoms with Crippen molar-refractivity contribution < 1.29 is 14.3 Å². The smallest absolute Gasteiger partial charge is 0.304 e. The van der Waals surface area contributed by atoms with Gasteiger partial charge in [-0.05, 0) is 5.92 Å². The summed E-state index contributed by atoms with van der Waals surface area (Å²) < 4.78 is 5.37. The number of nitrogens with zero attached hydrogens (tertiary/aromatic N) is 2. The molecule has 1 heterocycles. The van der Waals surface area contributed by atoms with Crippen LogP contribution in [0.15, 0.2) is 4.42 Å². The van der Waals surface area contributed by atoms with Crippen molar-refractivity contribution in [3.05, 3.63) is 11.8 Å². The molecular formula is C10H16N2O3. The Morgan fingerprint density at radius 3 is 2.60 bits per heavy atom. The fourth-order valence-corrected chi connectivity index (χ4v) is 1.25. The molecular weight excluding hydrogens is 196 g/mol. The van der Waals surface area contributed by atoms with Crippen LogP contribution in [-0.2, 0) is 11.2 Å². The van der Waals surface area contributed by atoms with Gasteiger partial charge in [0.2, 0.25) is 11.8 Å². The van der Waals surface area contributed by atoms with Crippen LogP contribution in [-0.4, -0.2) is 21.3 Å². The molecule has 1 N–H and O–H groups in total. The Labute approximate surface area is 88.5 Å². The Balaban J connectivity index is 2.62. The van der Waals surface area contributed by atoms with Gasteiger partial charge in [-0.15, -0.1) is 10.2 Å². The summed E-state index contributed by atoms with van der Waals surface area (Å²) in [6.07, 6.45) is 0.746. The molecule has 0 spiro atoms. The maximum absolute atomic E-state index is 10.5. The summed E-state index contributed by atoms with van der Waals surface area (Å²) in [6, 6.07) is 0. The van der Waals surface area contributed by atoms with Crippen molar-refractivity contribution in [1.82, 2.24) is 10.2 Å². The molecule has 1 unspecified atom stereocenters. The average molecular weight is 212 g/mol. The molecule has 0 amide bonds. The molecule has 0 aliphatic carbocycles. The molecule has 1 aromatic heterocycles. The molecule has 0 aliphatic heterocycles. The normalized spacial score (nSPS) is 13.1. The Morgan fingerprint density at radius 1 is 1.40 bits per heavy atom. The van der Waals surface area contributed by atoms with E-state index in [2.05, 4.69) is 24.0 Å². The zero-order chi connectivity index (χ0) is 11.4. The van der Waals surface area contributed by atoms with Gasteiger partial charge >= 0.3 is 5.97 Å². The Morgan fingerprint density at radius 2 is 2.07 bits per heavy atom. The van der Waals surface area contributed by atoms with Gasteiger partial charge in [0.1, 0.15) is 0 Å². The molecule has 0 bridgehead atoms. The van der Waals surface area contributed by atoms with Gasteiger partial charge in [0.25, 0.3) is 0 Å². The van der Waals surface area contributed by atoms with E-state index in [0.29, 0.717) is 17.7 Å². The van der Waals surface area contributed by atoms with Gasteiger partial charge in [-0.2, -0.15) is 0 Å². The zero-order valence-corrected chi connectivity index (χ0v) is 9.23. The fourth-order valence-electron chi connectivity index (χ4n) is 1.25. The summed E-state index contributed by atoms with van der Waals surface area (Å²) in [6.45, 7) is 5.88. The first-order valence-electron chi connectivity index (χ1n) is 5.03. The molecule has 0 saturated carbocycles. The second-order valence-electron chi connectivity index (χ2n) is 4.13. The third-order valence-corrected chi connectivity index (χ3v) is 1.97. The maximum Gasteiger partial charge on any atom is 0.304 e. The van der Waals surface area contributed by atoms with Crippen LogP contribution in [0.3, 0.4) is 0 Å². The summed E-state index contributed by atoms with van der Waals surface area (Å²) in [5.41, 5.74) is 0. The van der Waals surface area contributed by atoms with E-state index in [1.807, 2.05) is 0 Å². The van der Waals surface area contributed by atoms with Crippen molar-refractivity contribution in [3.63, 3.8) is 0 Å². The van der Waals surface area contributed by atoms with Crippen molar-refractivity contribution in [2.75, 3.05) is 0 Å². The van der Waals surface area contributed by atoms with Gasteiger partial charge in [0, 0.05) is 12.3 Å². The quantitative estimate of drug-likeness (QED) is 0.805. The van der Waals surface area contributed by atoms with Gasteiger partial charge < -0.3 is 9.52 Å². The molecule has 15 heavy (non-hydrogen) atoms. The van der Waals surface area contributed by atoms with E-state index in [9.17, 15) is 4.79 Å². The van der Waals surface area contributed by atoms with E-state index in [-0.39, 0.29) is 12.3 Å².